The van der Waals surface area contributed by atoms with Crippen LogP contribution in [0.4, 0.5) is 0 Å². The summed E-state index contributed by atoms with van der Waals surface area (Å²) in [7, 11) is -3.95. The van der Waals surface area contributed by atoms with Crippen LogP contribution in [-0.2, 0) is 10.0 Å². The number of aromatic carboxylic acids is 1. The first-order valence-corrected chi connectivity index (χ1v) is 6.80. The minimum Gasteiger partial charge on any atom is -0.478 e. The highest BCUT2D eigenvalue weighted by molar-refractivity contribution is 7.89. The number of rotatable bonds is 5. The molecule has 0 saturated heterocycles. The fraction of sp³-hybridized carbons (Fsp3) is 0.300. The van der Waals surface area contributed by atoms with Gasteiger partial charge in [-0.15, -0.1) is 0 Å². The fourth-order valence-corrected chi connectivity index (χ4v) is 2.80. The van der Waals surface area contributed by atoms with E-state index < -0.39 is 22.1 Å². The largest absolute Gasteiger partial charge is 0.478 e. The van der Waals surface area contributed by atoms with Crippen LogP contribution in [0.25, 0.3) is 0 Å². The molecule has 0 aliphatic rings. The summed E-state index contributed by atoms with van der Waals surface area (Å²) < 4.78 is 25.8. The predicted octanol–water partition coefficient (Wildman–Crippen LogP) is 0.697. The van der Waals surface area contributed by atoms with Crippen molar-refractivity contribution in [3.8, 4) is 0 Å². The third-order valence-corrected chi connectivity index (χ3v) is 3.94. The quantitative estimate of drug-likeness (QED) is 0.741. The molecule has 8 heteroatoms. The van der Waals surface area contributed by atoms with Gasteiger partial charge in [-0.3, -0.25) is 0 Å². The summed E-state index contributed by atoms with van der Waals surface area (Å²) in [6, 6.07) is 3.37. The first-order valence-electron chi connectivity index (χ1n) is 4.94. The molecule has 0 saturated carbocycles. The average Bonchev–Trinajstić information content (AvgIpc) is 2.26. The van der Waals surface area contributed by atoms with Crippen LogP contribution in [0, 0.1) is 0 Å². The van der Waals surface area contributed by atoms with Crippen LogP contribution in [-0.4, -0.2) is 37.2 Å². The number of aliphatic hydroxyl groups is 1. The molecule has 0 heterocycles. The normalized spacial score (nSPS) is 13.3. The maximum Gasteiger partial charge on any atom is 0.335 e. The molecule has 0 bridgehead atoms. The zero-order chi connectivity index (χ0) is 13.9. The highest BCUT2D eigenvalue weighted by Crippen LogP contribution is 2.22. The van der Waals surface area contributed by atoms with Crippen LogP contribution in [0.5, 0.6) is 0 Å². The van der Waals surface area contributed by atoms with E-state index in [-0.39, 0.29) is 22.0 Å². The van der Waals surface area contributed by atoms with E-state index in [1.165, 1.54) is 19.1 Å². The highest BCUT2D eigenvalue weighted by atomic mass is 35.5. The van der Waals surface area contributed by atoms with Gasteiger partial charge in [0.15, 0.2) is 0 Å². The molecule has 6 nitrogen and oxygen atoms in total. The summed E-state index contributed by atoms with van der Waals surface area (Å²) in [5.41, 5.74) is -0.183. The smallest absolute Gasteiger partial charge is 0.335 e. The predicted molar refractivity (Wildman–Crippen MR) is 65.3 cm³/mol. The Labute approximate surface area is 109 Å². The van der Waals surface area contributed by atoms with Crippen LogP contribution in [0.15, 0.2) is 23.1 Å². The van der Waals surface area contributed by atoms with E-state index in [0.717, 1.165) is 6.07 Å². The molecule has 0 aliphatic carbocycles. The minimum absolute atomic E-state index is 0.0851. The number of sulfonamides is 1. The number of carbonyl (C=O) groups is 1. The van der Waals surface area contributed by atoms with Crippen LogP contribution in [0.1, 0.15) is 17.3 Å². The van der Waals surface area contributed by atoms with Gasteiger partial charge in [0.2, 0.25) is 10.0 Å². The lowest BCUT2D eigenvalue weighted by Gasteiger charge is -2.10. The Morgan fingerprint density at radius 1 is 1.50 bits per heavy atom. The van der Waals surface area contributed by atoms with Crippen LogP contribution < -0.4 is 4.72 Å². The molecule has 0 fully saturated rings. The molecule has 3 N–H and O–H groups in total. The van der Waals surface area contributed by atoms with Crippen molar-refractivity contribution in [1.82, 2.24) is 4.72 Å². The summed E-state index contributed by atoms with van der Waals surface area (Å²) >= 11 is 5.73. The van der Waals surface area contributed by atoms with E-state index >= 15 is 0 Å². The molecule has 18 heavy (non-hydrogen) atoms. The zero-order valence-corrected chi connectivity index (χ0v) is 11.0. The maximum absolute atomic E-state index is 11.8. The Morgan fingerprint density at radius 2 is 2.11 bits per heavy atom. The van der Waals surface area contributed by atoms with Gasteiger partial charge in [0.1, 0.15) is 4.90 Å². The standard InChI is InChI=1S/C10H12ClNO5S/c1-6(13)5-12-18(16,17)9-4-7(10(14)15)2-3-8(9)11/h2-4,6,12-13H,5H2,1H3,(H,14,15)/t6-/m1/s1. The molecule has 0 amide bonds. The molecule has 1 atom stereocenters. The lowest BCUT2D eigenvalue weighted by molar-refractivity contribution is 0.0696. The van der Waals surface area contributed by atoms with Crippen molar-refractivity contribution in [2.45, 2.75) is 17.9 Å². The Kier molecular flexibility index (Phi) is 4.69. The highest BCUT2D eigenvalue weighted by Gasteiger charge is 2.20. The first-order chi connectivity index (χ1) is 8.24. The molecular formula is C10H12ClNO5S. The van der Waals surface area contributed by atoms with Gasteiger partial charge in [0.25, 0.3) is 0 Å². The van der Waals surface area contributed by atoms with E-state index in [1.807, 2.05) is 0 Å². The van der Waals surface area contributed by atoms with Gasteiger partial charge < -0.3 is 10.2 Å². The molecule has 1 rings (SSSR count). The van der Waals surface area contributed by atoms with Crippen molar-refractivity contribution in [1.29, 1.82) is 0 Å². The molecule has 100 valence electrons. The van der Waals surface area contributed by atoms with Crippen molar-refractivity contribution in [3.05, 3.63) is 28.8 Å². The van der Waals surface area contributed by atoms with E-state index in [9.17, 15) is 13.2 Å². The van der Waals surface area contributed by atoms with Gasteiger partial charge in [-0.1, -0.05) is 11.6 Å². The van der Waals surface area contributed by atoms with Crippen LogP contribution in [0.3, 0.4) is 0 Å². The second kappa shape index (κ2) is 5.66. The van der Waals surface area contributed by atoms with E-state index in [1.54, 1.807) is 0 Å². The van der Waals surface area contributed by atoms with Crippen molar-refractivity contribution in [3.63, 3.8) is 0 Å². The third-order valence-electron chi connectivity index (χ3n) is 2.04. The number of carboxylic acid groups (broad SMARTS) is 1. The summed E-state index contributed by atoms with van der Waals surface area (Å²) in [4.78, 5) is 10.4. The zero-order valence-electron chi connectivity index (χ0n) is 9.42. The molecule has 1 aromatic rings. The Bertz CT molecular complexity index is 555. The Morgan fingerprint density at radius 3 is 2.61 bits per heavy atom. The van der Waals surface area contributed by atoms with E-state index in [4.69, 9.17) is 21.8 Å². The summed E-state index contributed by atoms with van der Waals surface area (Å²) in [5.74, 6) is -1.25. The SMILES string of the molecule is C[C@@H](O)CNS(=O)(=O)c1cc(C(=O)O)ccc1Cl. The number of nitrogens with one attached hydrogen (secondary N) is 1. The number of hydrogen-bond acceptors (Lipinski definition) is 4. The second-order valence-corrected chi connectivity index (χ2v) is 5.79. The fourth-order valence-electron chi connectivity index (χ4n) is 1.15. The molecule has 0 aliphatic heterocycles. The second-order valence-electron chi connectivity index (χ2n) is 3.65. The Balaban J connectivity index is 3.15. The van der Waals surface area contributed by atoms with Crippen molar-refractivity contribution >= 4 is 27.6 Å². The lowest BCUT2D eigenvalue weighted by Crippen LogP contribution is -2.31. The number of halogens is 1. The van der Waals surface area contributed by atoms with E-state index in [0.29, 0.717) is 0 Å². The van der Waals surface area contributed by atoms with Gasteiger partial charge in [0, 0.05) is 6.54 Å². The van der Waals surface area contributed by atoms with Crippen LogP contribution in [0.2, 0.25) is 5.02 Å². The number of carboxylic acids is 1. The Hall–Kier alpha value is -1.15. The molecule has 0 aromatic heterocycles. The number of benzene rings is 1. The van der Waals surface area contributed by atoms with Crippen LogP contribution >= 0.6 is 11.6 Å². The van der Waals surface area contributed by atoms with Gasteiger partial charge in [-0.25, -0.2) is 17.9 Å². The lowest BCUT2D eigenvalue weighted by atomic mass is 10.2. The number of aliphatic hydroxyl groups excluding tert-OH is 1. The van der Waals surface area contributed by atoms with Gasteiger partial charge in [-0.2, -0.15) is 0 Å². The first kappa shape index (κ1) is 14.9. The summed E-state index contributed by atoms with van der Waals surface area (Å²) in [6.45, 7) is 1.23. The average molecular weight is 294 g/mol. The van der Waals surface area contributed by atoms with Gasteiger partial charge in [-0.05, 0) is 25.1 Å². The maximum atomic E-state index is 11.8. The molecule has 0 radical (unpaired) electrons. The summed E-state index contributed by atoms with van der Waals surface area (Å²) in [5, 5.41) is 17.7. The topological polar surface area (TPSA) is 104 Å². The van der Waals surface area contributed by atoms with Gasteiger partial charge in [0.05, 0.1) is 16.7 Å². The molecule has 0 spiro atoms. The van der Waals surface area contributed by atoms with Crippen molar-refractivity contribution < 1.29 is 23.4 Å². The van der Waals surface area contributed by atoms with Crippen molar-refractivity contribution in [2.24, 2.45) is 0 Å². The minimum atomic E-state index is -3.95. The van der Waals surface area contributed by atoms with Crippen molar-refractivity contribution in [2.75, 3.05) is 6.54 Å². The molecule has 1 aromatic carbocycles. The monoisotopic (exact) mass is 293 g/mol. The number of hydrogen-bond donors (Lipinski definition) is 3. The third kappa shape index (κ3) is 3.67. The molecular weight excluding hydrogens is 282 g/mol. The summed E-state index contributed by atoms with van der Waals surface area (Å²) in [6.07, 6.45) is -0.860. The molecule has 0 unspecified atom stereocenters. The van der Waals surface area contributed by atoms with E-state index in [2.05, 4.69) is 4.72 Å². The van der Waals surface area contributed by atoms with Gasteiger partial charge >= 0.3 is 5.97 Å².